The number of hydrogen-bond acceptors (Lipinski definition) is 2. The number of rotatable bonds is 3. The van der Waals surface area contributed by atoms with Crippen molar-refractivity contribution in [3.8, 4) is 16.9 Å². The number of benzene rings is 2. The summed E-state index contributed by atoms with van der Waals surface area (Å²) in [6, 6.07) is 14.1. The van der Waals surface area contributed by atoms with E-state index in [2.05, 4.69) is 34.1 Å². The SMILES string of the molecule is COc1ccc(CN)cc1-c1cccc(Br)c1. The molecule has 3 heteroatoms. The van der Waals surface area contributed by atoms with Gasteiger partial charge in [0.15, 0.2) is 0 Å². The third-order valence-electron chi connectivity index (χ3n) is 2.64. The molecule has 0 fully saturated rings. The molecule has 0 saturated carbocycles. The van der Waals surface area contributed by atoms with Crippen LogP contribution in [0.4, 0.5) is 0 Å². The lowest BCUT2D eigenvalue weighted by Gasteiger charge is -2.10. The van der Waals surface area contributed by atoms with E-state index in [1.165, 1.54) is 0 Å². The number of hydrogen-bond donors (Lipinski definition) is 1. The Morgan fingerprint density at radius 1 is 1.18 bits per heavy atom. The Labute approximate surface area is 110 Å². The third kappa shape index (κ3) is 2.68. The highest BCUT2D eigenvalue weighted by Crippen LogP contribution is 2.32. The summed E-state index contributed by atoms with van der Waals surface area (Å²) in [6.07, 6.45) is 0. The number of methoxy groups -OCH3 is 1. The average Bonchev–Trinajstić information content (AvgIpc) is 2.38. The highest BCUT2D eigenvalue weighted by molar-refractivity contribution is 9.10. The quantitative estimate of drug-likeness (QED) is 0.938. The van der Waals surface area contributed by atoms with E-state index in [-0.39, 0.29) is 0 Å². The molecule has 0 aliphatic carbocycles. The van der Waals surface area contributed by atoms with Crippen LogP contribution in [-0.2, 0) is 6.54 Å². The maximum atomic E-state index is 5.67. The van der Waals surface area contributed by atoms with E-state index < -0.39 is 0 Å². The van der Waals surface area contributed by atoms with Crippen LogP contribution in [0.1, 0.15) is 5.56 Å². The molecule has 0 unspecified atom stereocenters. The molecule has 2 rings (SSSR count). The predicted octanol–water partition coefficient (Wildman–Crippen LogP) is 3.58. The first-order valence-corrected chi connectivity index (χ1v) is 6.17. The first-order chi connectivity index (χ1) is 8.24. The van der Waals surface area contributed by atoms with Crippen LogP contribution in [0.2, 0.25) is 0 Å². The normalized spacial score (nSPS) is 10.3. The van der Waals surface area contributed by atoms with Crippen LogP contribution in [0.25, 0.3) is 11.1 Å². The summed E-state index contributed by atoms with van der Waals surface area (Å²) >= 11 is 3.48. The summed E-state index contributed by atoms with van der Waals surface area (Å²) in [5.41, 5.74) is 8.95. The molecule has 2 nitrogen and oxygen atoms in total. The second kappa shape index (κ2) is 5.34. The van der Waals surface area contributed by atoms with Crippen LogP contribution < -0.4 is 10.5 Å². The van der Waals surface area contributed by atoms with Gasteiger partial charge in [0.25, 0.3) is 0 Å². The molecule has 2 aromatic rings. The Bertz CT molecular complexity index is 525. The average molecular weight is 292 g/mol. The summed E-state index contributed by atoms with van der Waals surface area (Å²) in [7, 11) is 1.68. The van der Waals surface area contributed by atoms with Gasteiger partial charge >= 0.3 is 0 Å². The van der Waals surface area contributed by atoms with Gasteiger partial charge in [0.05, 0.1) is 7.11 Å². The zero-order valence-corrected chi connectivity index (χ0v) is 11.2. The fourth-order valence-electron chi connectivity index (χ4n) is 1.76. The topological polar surface area (TPSA) is 35.2 Å². The maximum Gasteiger partial charge on any atom is 0.126 e. The van der Waals surface area contributed by atoms with Gasteiger partial charge in [-0.3, -0.25) is 0 Å². The molecule has 0 radical (unpaired) electrons. The number of halogens is 1. The van der Waals surface area contributed by atoms with Crippen LogP contribution in [0.5, 0.6) is 5.75 Å². The molecule has 0 aliphatic rings. The standard InChI is InChI=1S/C14H14BrNO/c1-17-14-6-5-10(9-16)7-13(14)11-3-2-4-12(15)8-11/h2-8H,9,16H2,1H3. The van der Waals surface area contributed by atoms with Crippen molar-refractivity contribution in [3.05, 3.63) is 52.5 Å². The molecule has 88 valence electrons. The molecule has 2 N–H and O–H groups in total. The van der Waals surface area contributed by atoms with Gasteiger partial charge in [-0.15, -0.1) is 0 Å². The highest BCUT2D eigenvalue weighted by Gasteiger charge is 2.06. The molecule has 2 aromatic carbocycles. The van der Waals surface area contributed by atoms with Crippen molar-refractivity contribution in [3.63, 3.8) is 0 Å². The molecule has 0 heterocycles. The van der Waals surface area contributed by atoms with Crippen LogP contribution >= 0.6 is 15.9 Å². The van der Waals surface area contributed by atoms with E-state index in [0.29, 0.717) is 6.54 Å². The second-order valence-electron chi connectivity index (χ2n) is 3.75. The predicted molar refractivity (Wildman–Crippen MR) is 74.0 cm³/mol. The third-order valence-corrected chi connectivity index (χ3v) is 3.13. The zero-order valence-electron chi connectivity index (χ0n) is 9.61. The van der Waals surface area contributed by atoms with Crippen molar-refractivity contribution < 1.29 is 4.74 Å². The van der Waals surface area contributed by atoms with Gasteiger partial charge in [-0.1, -0.05) is 34.1 Å². The van der Waals surface area contributed by atoms with Crippen molar-refractivity contribution in [1.29, 1.82) is 0 Å². The van der Waals surface area contributed by atoms with Crippen LogP contribution in [-0.4, -0.2) is 7.11 Å². The van der Waals surface area contributed by atoms with Crippen molar-refractivity contribution >= 4 is 15.9 Å². The van der Waals surface area contributed by atoms with E-state index in [1.807, 2.05) is 24.3 Å². The summed E-state index contributed by atoms with van der Waals surface area (Å²) < 4.78 is 6.43. The first-order valence-electron chi connectivity index (χ1n) is 5.37. The molecular formula is C14H14BrNO. The van der Waals surface area contributed by atoms with Gasteiger partial charge in [-0.05, 0) is 35.4 Å². The minimum Gasteiger partial charge on any atom is -0.496 e. The minimum atomic E-state index is 0.533. The summed E-state index contributed by atoms with van der Waals surface area (Å²) in [4.78, 5) is 0. The smallest absolute Gasteiger partial charge is 0.126 e. The largest absolute Gasteiger partial charge is 0.496 e. The zero-order chi connectivity index (χ0) is 12.3. The lowest BCUT2D eigenvalue weighted by Crippen LogP contribution is -1.97. The Kier molecular flexibility index (Phi) is 3.82. The monoisotopic (exact) mass is 291 g/mol. The summed E-state index contributed by atoms with van der Waals surface area (Å²) in [6.45, 7) is 0.533. The van der Waals surface area contributed by atoms with E-state index in [1.54, 1.807) is 7.11 Å². The molecule has 0 atom stereocenters. The Hall–Kier alpha value is -1.32. The molecular weight excluding hydrogens is 278 g/mol. The van der Waals surface area contributed by atoms with Crippen molar-refractivity contribution in [1.82, 2.24) is 0 Å². The van der Waals surface area contributed by atoms with Gasteiger partial charge in [0.2, 0.25) is 0 Å². The van der Waals surface area contributed by atoms with E-state index >= 15 is 0 Å². The Morgan fingerprint density at radius 3 is 2.65 bits per heavy atom. The summed E-state index contributed by atoms with van der Waals surface area (Å²) in [5.74, 6) is 0.861. The second-order valence-corrected chi connectivity index (χ2v) is 4.66. The molecule has 17 heavy (non-hydrogen) atoms. The summed E-state index contributed by atoms with van der Waals surface area (Å²) in [5, 5.41) is 0. The van der Waals surface area contributed by atoms with Crippen LogP contribution in [0, 0.1) is 0 Å². The van der Waals surface area contributed by atoms with E-state index in [9.17, 15) is 0 Å². The lowest BCUT2D eigenvalue weighted by atomic mass is 10.0. The van der Waals surface area contributed by atoms with Gasteiger partial charge < -0.3 is 10.5 Å². The minimum absolute atomic E-state index is 0.533. The molecule has 0 saturated heterocycles. The van der Waals surface area contributed by atoms with E-state index in [4.69, 9.17) is 10.5 Å². The fourth-order valence-corrected chi connectivity index (χ4v) is 2.16. The van der Waals surface area contributed by atoms with Crippen molar-refractivity contribution in [2.75, 3.05) is 7.11 Å². The van der Waals surface area contributed by atoms with Gasteiger partial charge in [-0.2, -0.15) is 0 Å². The van der Waals surface area contributed by atoms with Gasteiger partial charge in [0, 0.05) is 16.6 Å². The number of ether oxygens (including phenoxy) is 1. The fraction of sp³-hybridized carbons (Fsp3) is 0.143. The van der Waals surface area contributed by atoms with Crippen LogP contribution in [0.3, 0.4) is 0 Å². The molecule has 0 bridgehead atoms. The molecule has 0 aliphatic heterocycles. The molecule has 0 amide bonds. The lowest BCUT2D eigenvalue weighted by molar-refractivity contribution is 0.416. The van der Waals surface area contributed by atoms with Crippen molar-refractivity contribution in [2.45, 2.75) is 6.54 Å². The molecule has 0 aromatic heterocycles. The van der Waals surface area contributed by atoms with Gasteiger partial charge in [-0.25, -0.2) is 0 Å². The first kappa shape index (κ1) is 12.1. The van der Waals surface area contributed by atoms with E-state index in [0.717, 1.165) is 26.9 Å². The Morgan fingerprint density at radius 2 is 2.00 bits per heavy atom. The van der Waals surface area contributed by atoms with Crippen molar-refractivity contribution in [2.24, 2.45) is 5.73 Å². The Balaban J connectivity index is 2.56. The maximum absolute atomic E-state index is 5.67. The van der Waals surface area contributed by atoms with Gasteiger partial charge in [0.1, 0.15) is 5.75 Å². The number of nitrogens with two attached hydrogens (primary N) is 1. The van der Waals surface area contributed by atoms with Crippen LogP contribution in [0.15, 0.2) is 46.9 Å². The molecule has 0 spiro atoms. The highest BCUT2D eigenvalue weighted by atomic mass is 79.9.